The number of nitrogens with zero attached hydrogens (tertiary/aromatic N) is 1. The van der Waals surface area contributed by atoms with Crippen LogP contribution in [0.1, 0.15) is 10.4 Å². The molecule has 0 bridgehead atoms. The summed E-state index contributed by atoms with van der Waals surface area (Å²) in [6, 6.07) is 6.02. The smallest absolute Gasteiger partial charge is 0.256 e. The molecule has 0 aliphatic carbocycles. The normalized spacial score (nSPS) is 10.2. The number of pyridine rings is 1. The van der Waals surface area contributed by atoms with Crippen LogP contribution in [0.5, 0.6) is 0 Å². The highest BCUT2D eigenvalue weighted by atomic mass is 35.5. The summed E-state index contributed by atoms with van der Waals surface area (Å²) in [4.78, 5) is 15.6. The van der Waals surface area contributed by atoms with Crippen molar-refractivity contribution in [1.82, 2.24) is 4.98 Å². The first kappa shape index (κ1) is 12.4. The average Bonchev–Trinajstić information content (AvgIpc) is 2.35. The van der Waals surface area contributed by atoms with Crippen molar-refractivity contribution in [1.29, 1.82) is 0 Å². The lowest BCUT2D eigenvalue weighted by Gasteiger charge is -2.05. The summed E-state index contributed by atoms with van der Waals surface area (Å²) in [7, 11) is 0. The zero-order valence-electron chi connectivity index (χ0n) is 8.95. The van der Waals surface area contributed by atoms with Gasteiger partial charge in [0.15, 0.2) is 17.5 Å². The first-order valence-corrected chi connectivity index (χ1v) is 5.32. The molecule has 0 spiro atoms. The molecule has 1 N–H and O–H groups in total. The van der Waals surface area contributed by atoms with E-state index in [1.165, 1.54) is 12.3 Å². The largest absolute Gasteiger partial charge is 0.305 e. The summed E-state index contributed by atoms with van der Waals surface area (Å²) in [6.45, 7) is 0. The Hall–Kier alpha value is -2.01. The second kappa shape index (κ2) is 5.10. The highest BCUT2D eigenvalue weighted by Gasteiger charge is 2.11. The van der Waals surface area contributed by atoms with Crippen LogP contribution in [-0.4, -0.2) is 10.9 Å². The van der Waals surface area contributed by atoms with Gasteiger partial charge in [0, 0.05) is 11.8 Å². The highest BCUT2D eigenvalue weighted by Crippen LogP contribution is 2.18. The third-order valence-corrected chi connectivity index (χ3v) is 2.48. The first-order chi connectivity index (χ1) is 8.58. The van der Waals surface area contributed by atoms with E-state index in [1.807, 2.05) is 0 Å². The van der Waals surface area contributed by atoms with Crippen LogP contribution in [0.15, 0.2) is 36.5 Å². The molecule has 1 aromatic heterocycles. The Morgan fingerprint density at radius 3 is 2.67 bits per heavy atom. The van der Waals surface area contributed by atoms with Crippen molar-refractivity contribution in [2.24, 2.45) is 0 Å². The van der Waals surface area contributed by atoms with Gasteiger partial charge in [0.25, 0.3) is 5.91 Å². The molecule has 1 amide bonds. The Morgan fingerprint density at radius 2 is 2.00 bits per heavy atom. The molecule has 0 unspecified atom stereocenters. The maximum absolute atomic E-state index is 13.0. The van der Waals surface area contributed by atoms with Gasteiger partial charge >= 0.3 is 0 Å². The minimum absolute atomic E-state index is 0.0179. The molecule has 2 aromatic rings. The van der Waals surface area contributed by atoms with Crippen LogP contribution in [0.2, 0.25) is 5.02 Å². The van der Waals surface area contributed by atoms with Crippen molar-refractivity contribution in [2.75, 3.05) is 5.32 Å². The molecule has 3 nitrogen and oxygen atoms in total. The van der Waals surface area contributed by atoms with E-state index in [4.69, 9.17) is 11.6 Å². The number of rotatable bonds is 2. The second-order valence-corrected chi connectivity index (χ2v) is 3.82. The van der Waals surface area contributed by atoms with E-state index >= 15 is 0 Å². The monoisotopic (exact) mass is 268 g/mol. The Kier molecular flexibility index (Phi) is 3.53. The van der Waals surface area contributed by atoms with Gasteiger partial charge in [-0.1, -0.05) is 11.6 Å². The van der Waals surface area contributed by atoms with Crippen LogP contribution in [0, 0.1) is 11.6 Å². The molecule has 18 heavy (non-hydrogen) atoms. The molecule has 0 fully saturated rings. The van der Waals surface area contributed by atoms with Crippen molar-refractivity contribution in [2.45, 2.75) is 0 Å². The van der Waals surface area contributed by atoms with Gasteiger partial charge in [-0.15, -0.1) is 0 Å². The predicted octanol–water partition coefficient (Wildman–Crippen LogP) is 3.27. The van der Waals surface area contributed by atoms with E-state index in [9.17, 15) is 13.6 Å². The van der Waals surface area contributed by atoms with E-state index in [2.05, 4.69) is 10.3 Å². The summed E-state index contributed by atoms with van der Waals surface area (Å²) < 4.78 is 25.7. The first-order valence-electron chi connectivity index (χ1n) is 4.95. The summed E-state index contributed by atoms with van der Waals surface area (Å²) in [6.07, 6.45) is 1.45. The minimum Gasteiger partial charge on any atom is -0.305 e. The maximum atomic E-state index is 13.0. The van der Waals surface area contributed by atoms with Crippen molar-refractivity contribution in [3.63, 3.8) is 0 Å². The number of amides is 1. The van der Waals surface area contributed by atoms with Crippen LogP contribution in [-0.2, 0) is 0 Å². The molecular formula is C12H7ClF2N2O. The molecular weight excluding hydrogens is 262 g/mol. The minimum atomic E-state index is -1.09. The topological polar surface area (TPSA) is 42.0 Å². The number of hydrogen-bond donors (Lipinski definition) is 1. The van der Waals surface area contributed by atoms with Crippen LogP contribution < -0.4 is 5.32 Å². The van der Waals surface area contributed by atoms with E-state index in [-0.39, 0.29) is 16.4 Å². The summed E-state index contributed by atoms with van der Waals surface area (Å²) in [5.41, 5.74) is -0.0179. The molecule has 1 aromatic carbocycles. The predicted molar refractivity (Wildman–Crippen MR) is 63.6 cm³/mol. The number of benzene rings is 1. The Balaban J connectivity index is 2.22. The zero-order valence-corrected chi connectivity index (χ0v) is 9.71. The number of nitrogens with one attached hydrogen (secondary N) is 1. The SMILES string of the molecule is O=C(Nc1ncccc1Cl)c1ccc(F)c(F)c1. The average molecular weight is 269 g/mol. The summed E-state index contributed by atoms with van der Waals surface area (Å²) in [5, 5.41) is 2.66. The molecule has 92 valence electrons. The van der Waals surface area contributed by atoms with Gasteiger partial charge in [-0.3, -0.25) is 4.79 Å². The standard InChI is InChI=1S/C12H7ClF2N2O/c13-8-2-1-5-16-11(8)17-12(18)7-3-4-9(14)10(15)6-7/h1-6H,(H,16,17,18). The van der Waals surface area contributed by atoms with Crippen molar-refractivity contribution < 1.29 is 13.6 Å². The Labute approximate surface area is 106 Å². The molecule has 1 heterocycles. The maximum Gasteiger partial charge on any atom is 0.256 e. The molecule has 2 rings (SSSR count). The van der Waals surface area contributed by atoms with Crippen molar-refractivity contribution in [3.05, 3.63) is 58.7 Å². The Bertz CT molecular complexity index is 604. The van der Waals surface area contributed by atoms with Crippen LogP contribution in [0.4, 0.5) is 14.6 Å². The van der Waals surface area contributed by atoms with Gasteiger partial charge in [0.1, 0.15) is 0 Å². The number of hydrogen-bond acceptors (Lipinski definition) is 2. The zero-order chi connectivity index (χ0) is 13.1. The third-order valence-electron chi connectivity index (χ3n) is 2.17. The lowest BCUT2D eigenvalue weighted by Crippen LogP contribution is -2.13. The van der Waals surface area contributed by atoms with E-state index in [1.54, 1.807) is 12.1 Å². The highest BCUT2D eigenvalue weighted by molar-refractivity contribution is 6.33. The quantitative estimate of drug-likeness (QED) is 0.908. The van der Waals surface area contributed by atoms with Gasteiger partial charge in [-0.25, -0.2) is 13.8 Å². The number of aromatic nitrogens is 1. The number of anilines is 1. The van der Waals surface area contributed by atoms with Crippen LogP contribution in [0.25, 0.3) is 0 Å². The van der Waals surface area contributed by atoms with Gasteiger partial charge in [-0.05, 0) is 30.3 Å². The molecule has 0 saturated carbocycles. The third kappa shape index (κ3) is 2.62. The molecule has 0 aliphatic heterocycles. The van der Waals surface area contributed by atoms with Gasteiger partial charge in [0.2, 0.25) is 0 Å². The van der Waals surface area contributed by atoms with Crippen molar-refractivity contribution in [3.8, 4) is 0 Å². The number of carbonyl (C=O) groups excluding carboxylic acids is 1. The van der Waals surface area contributed by atoms with E-state index in [0.717, 1.165) is 12.1 Å². The molecule has 6 heteroatoms. The van der Waals surface area contributed by atoms with Crippen molar-refractivity contribution >= 4 is 23.3 Å². The second-order valence-electron chi connectivity index (χ2n) is 3.42. The van der Waals surface area contributed by atoms with Crippen LogP contribution >= 0.6 is 11.6 Å². The number of carbonyl (C=O) groups is 1. The lowest BCUT2D eigenvalue weighted by atomic mass is 10.2. The van der Waals surface area contributed by atoms with E-state index in [0.29, 0.717) is 0 Å². The van der Waals surface area contributed by atoms with Gasteiger partial charge in [0.05, 0.1) is 5.02 Å². The fourth-order valence-electron chi connectivity index (χ4n) is 1.29. The Morgan fingerprint density at radius 1 is 1.22 bits per heavy atom. The number of halogens is 3. The van der Waals surface area contributed by atoms with Gasteiger partial charge in [-0.2, -0.15) is 0 Å². The lowest BCUT2D eigenvalue weighted by molar-refractivity contribution is 0.102. The fraction of sp³-hybridized carbons (Fsp3) is 0. The van der Waals surface area contributed by atoms with E-state index < -0.39 is 17.5 Å². The fourth-order valence-corrected chi connectivity index (χ4v) is 1.46. The molecule has 0 atom stereocenters. The molecule has 0 radical (unpaired) electrons. The van der Waals surface area contributed by atoms with Crippen LogP contribution in [0.3, 0.4) is 0 Å². The summed E-state index contributed by atoms with van der Waals surface area (Å²) in [5.74, 6) is -2.56. The molecule has 0 saturated heterocycles. The summed E-state index contributed by atoms with van der Waals surface area (Å²) >= 11 is 5.80. The molecule has 0 aliphatic rings. The van der Waals surface area contributed by atoms with Gasteiger partial charge < -0.3 is 5.32 Å².